The molecule has 0 spiro atoms. The quantitative estimate of drug-likeness (QED) is 0.804. The number of carbonyl (C=O) groups excluding carboxylic acids is 1. The molecule has 20 heavy (non-hydrogen) atoms. The first-order valence-electron chi connectivity index (χ1n) is 6.66. The minimum atomic E-state index is -0.202. The first-order valence-corrected chi connectivity index (χ1v) is 6.66. The van der Waals surface area contributed by atoms with Gasteiger partial charge in [0, 0.05) is 12.7 Å². The van der Waals surface area contributed by atoms with E-state index in [9.17, 15) is 4.79 Å². The molecule has 2 aromatic heterocycles. The van der Waals surface area contributed by atoms with Gasteiger partial charge in [-0.15, -0.1) is 0 Å². The van der Waals surface area contributed by atoms with Crippen LogP contribution in [0.3, 0.4) is 0 Å². The summed E-state index contributed by atoms with van der Waals surface area (Å²) in [5.74, 6) is -0.202. The lowest BCUT2D eigenvalue weighted by atomic mass is 10.1. The number of fused-ring (bicyclic) bond motifs is 1. The van der Waals surface area contributed by atoms with Gasteiger partial charge in [-0.2, -0.15) is 5.10 Å². The summed E-state index contributed by atoms with van der Waals surface area (Å²) in [4.78, 5) is 21.8. The van der Waals surface area contributed by atoms with Gasteiger partial charge in [0.05, 0.1) is 30.3 Å². The number of hydrogen-bond donors (Lipinski definition) is 0. The van der Waals surface area contributed by atoms with Gasteiger partial charge in [-0.05, 0) is 26.3 Å². The second kappa shape index (κ2) is 5.58. The molecule has 6 heteroatoms. The molecule has 0 aliphatic carbocycles. The van der Waals surface area contributed by atoms with Gasteiger partial charge < -0.3 is 0 Å². The standard InChI is InChI=1S/C14H20N4O2/c1-6-10(3)18-13-12(8-15-18)11(7-9(2)16-13)14(19)17(4)20-5/h7-8,10H,6H2,1-5H3/t10-/m1/s1. The lowest BCUT2D eigenvalue weighted by Crippen LogP contribution is -2.25. The van der Waals surface area contributed by atoms with Crippen LogP contribution in [0.15, 0.2) is 12.3 Å². The van der Waals surface area contributed by atoms with Gasteiger partial charge in [0.15, 0.2) is 5.65 Å². The monoisotopic (exact) mass is 276 g/mol. The van der Waals surface area contributed by atoms with Crippen molar-refractivity contribution < 1.29 is 9.63 Å². The van der Waals surface area contributed by atoms with Crippen molar-refractivity contribution in [2.45, 2.75) is 33.2 Å². The lowest BCUT2D eigenvalue weighted by molar-refractivity contribution is -0.0755. The van der Waals surface area contributed by atoms with E-state index in [-0.39, 0.29) is 11.9 Å². The van der Waals surface area contributed by atoms with Crippen molar-refractivity contribution >= 4 is 16.9 Å². The smallest absolute Gasteiger partial charge is 0.274 e. The summed E-state index contributed by atoms with van der Waals surface area (Å²) in [6, 6.07) is 2.01. The van der Waals surface area contributed by atoms with Crippen molar-refractivity contribution in [3.05, 3.63) is 23.5 Å². The molecule has 0 saturated carbocycles. The molecule has 2 aromatic rings. The van der Waals surface area contributed by atoms with E-state index in [1.807, 2.05) is 11.6 Å². The first-order chi connectivity index (χ1) is 9.49. The van der Waals surface area contributed by atoms with Crippen molar-refractivity contribution in [1.29, 1.82) is 0 Å². The zero-order valence-electron chi connectivity index (χ0n) is 12.5. The van der Waals surface area contributed by atoms with Crippen LogP contribution in [0.25, 0.3) is 11.0 Å². The predicted molar refractivity (Wildman–Crippen MR) is 76.4 cm³/mol. The minimum Gasteiger partial charge on any atom is -0.274 e. The molecule has 0 radical (unpaired) electrons. The van der Waals surface area contributed by atoms with Gasteiger partial charge in [-0.25, -0.2) is 14.7 Å². The number of aromatic nitrogens is 3. The Labute approximate surface area is 118 Å². The Balaban J connectivity index is 2.62. The molecule has 2 heterocycles. The van der Waals surface area contributed by atoms with Crippen molar-refractivity contribution in [3.63, 3.8) is 0 Å². The molecule has 2 rings (SSSR count). The van der Waals surface area contributed by atoms with Crippen LogP contribution in [0.2, 0.25) is 0 Å². The SMILES string of the molecule is CC[C@@H](C)n1ncc2c(C(=O)N(C)OC)cc(C)nc21. The highest BCUT2D eigenvalue weighted by atomic mass is 16.7. The Bertz CT molecular complexity index is 635. The Morgan fingerprint density at radius 3 is 2.85 bits per heavy atom. The summed E-state index contributed by atoms with van der Waals surface area (Å²) in [5, 5.41) is 6.34. The fraction of sp³-hybridized carbons (Fsp3) is 0.500. The normalized spacial score (nSPS) is 12.7. The Morgan fingerprint density at radius 2 is 2.25 bits per heavy atom. The number of carbonyl (C=O) groups is 1. The molecule has 0 aliphatic heterocycles. The molecule has 0 bridgehead atoms. The fourth-order valence-electron chi connectivity index (χ4n) is 2.07. The highest BCUT2D eigenvalue weighted by Crippen LogP contribution is 2.23. The average molecular weight is 276 g/mol. The Morgan fingerprint density at radius 1 is 1.55 bits per heavy atom. The Kier molecular flexibility index (Phi) is 4.04. The summed E-state index contributed by atoms with van der Waals surface area (Å²) in [6.45, 7) is 6.05. The molecular weight excluding hydrogens is 256 g/mol. The number of amides is 1. The highest BCUT2D eigenvalue weighted by Gasteiger charge is 2.20. The van der Waals surface area contributed by atoms with E-state index in [1.165, 1.54) is 12.2 Å². The van der Waals surface area contributed by atoms with Crippen LogP contribution in [0.5, 0.6) is 0 Å². The summed E-state index contributed by atoms with van der Waals surface area (Å²) in [7, 11) is 3.05. The van der Waals surface area contributed by atoms with Crippen LogP contribution in [-0.4, -0.2) is 39.9 Å². The molecule has 6 nitrogen and oxygen atoms in total. The van der Waals surface area contributed by atoms with Crippen molar-refractivity contribution in [3.8, 4) is 0 Å². The number of rotatable bonds is 4. The van der Waals surface area contributed by atoms with Crippen LogP contribution in [0.4, 0.5) is 0 Å². The predicted octanol–water partition coefficient (Wildman–Crippen LogP) is 2.34. The number of aryl methyl sites for hydroxylation is 1. The molecule has 1 atom stereocenters. The third-order valence-corrected chi connectivity index (χ3v) is 3.49. The molecule has 0 aromatic carbocycles. The van der Waals surface area contributed by atoms with Crippen molar-refractivity contribution in [2.75, 3.05) is 14.2 Å². The molecule has 0 unspecified atom stereocenters. The maximum absolute atomic E-state index is 12.3. The number of hydrogen-bond acceptors (Lipinski definition) is 4. The second-order valence-corrected chi connectivity index (χ2v) is 4.88. The zero-order chi connectivity index (χ0) is 14.9. The van der Waals surface area contributed by atoms with E-state index in [1.54, 1.807) is 19.3 Å². The van der Waals surface area contributed by atoms with Crippen LogP contribution < -0.4 is 0 Å². The van der Waals surface area contributed by atoms with Crippen molar-refractivity contribution in [2.24, 2.45) is 0 Å². The number of nitrogens with zero attached hydrogens (tertiary/aromatic N) is 4. The number of pyridine rings is 1. The number of hydroxylamine groups is 2. The molecule has 0 saturated heterocycles. The first kappa shape index (κ1) is 14.5. The van der Waals surface area contributed by atoms with E-state index in [4.69, 9.17) is 4.84 Å². The summed E-state index contributed by atoms with van der Waals surface area (Å²) >= 11 is 0. The van der Waals surface area contributed by atoms with Crippen LogP contribution in [0.1, 0.15) is 42.4 Å². The second-order valence-electron chi connectivity index (χ2n) is 4.88. The van der Waals surface area contributed by atoms with E-state index < -0.39 is 0 Å². The lowest BCUT2D eigenvalue weighted by Gasteiger charge is -2.15. The zero-order valence-corrected chi connectivity index (χ0v) is 12.5. The highest BCUT2D eigenvalue weighted by molar-refractivity contribution is 6.05. The van der Waals surface area contributed by atoms with Gasteiger partial charge in [0.25, 0.3) is 5.91 Å². The van der Waals surface area contributed by atoms with Gasteiger partial charge in [0.2, 0.25) is 0 Å². The average Bonchev–Trinajstić information content (AvgIpc) is 2.87. The largest absolute Gasteiger partial charge is 0.278 e. The van der Waals surface area contributed by atoms with E-state index in [0.29, 0.717) is 5.56 Å². The van der Waals surface area contributed by atoms with Gasteiger partial charge in [-0.1, -0.05) is 6.92 Å². The fourth-order valence-corrected chi connectivity index (χ4v) is 2.07. The minimum absolute atomic E-state index is 0.202. The van der Waals surface area contributed by atoms with E-state index >= 15 is 0 Å². The van der Waals surface area contributed by atoms with Crippen molar-refractivity contribution in [1.82, 2.24) is 19.8 Å². The molecule has 0 N–H and O–H groups in total. The maximum Gasteiger partial charge on any atom is 0.278 e. The van der Waals surface area contributed by atoms with E-state index in [0.717, 1.165) is 23.1 Å². The third-order valence-electron chi connectivity index (χ3n) is 3.49. The van der Waals surface area contributed by atoms with E-state index in [2.05, 4.69) is 23.9 Å². The van der Waals surface area contributed by atoms with Gasteiger partial charge in [0.1, 0.15) is 0 Å². The molecule has 108 valence electrons. The molecule has 0 aliphatic rings. The maximum atomic E-state index is 12.3. The van der Waals surface area contributed by atoms with Crippen LogP contribution >= 0.6 is 0 Å². The summed E-state index contributed by atoms with van der Waals surface area (Å²) < 4.78 is 1.87. The third kappa shape index (κ3) is 2.38. The molecule has 0 fully saturated rings. The van der Waals surface area contributed by atoms with Gasteiger partial charge >= 0.3 is 0 Å². The molecular formula is C14H20N4O2. The summed E-state index contributed by atoms with van der Waals surface area (Å²) in [6.07, 6.45) is 2.65. The molecule has 1 amide bonds. The summed E-state index contributed by atoms with van der Waals surface area (Å²) in [5.41, 5.74) is 2.09. The van der Waals surface area contributed by atoms with Gasteiger partial charge in [-0.3, -0.25) is 9.63 Å². The topological polar surface area (TPSA) is 60.2 Å². The van der Waals surface area contributed by atoms with Crippen LogP contribution in [0, 0.1) is 6.92 Å². The van der Waals surface area contributed by atoms with Crippen LogP contribution in [-0.2, 0) is 4.84 Å². The Hall–Kier alpha value is -1.95.